The van der Waals surface area contributed by atoms with Crippen molar-refractivity contribution in [1.82, 2.24) is 0 Å². The normalized spacial score (nSPS) is 9.41. The molecule has 0 aliphatic heterocycles. The van der Waals surface area contributed by atoms with Gasteiger partial charge in [-0.2, -0.15) is 16.8 Å². The number of aliphatic carboxylic acids is 2. The fraction of sp³-hybridized carbons (Fsp3) is 0. The molecular weight excluding hydrogens is 368 g/mol. The Kier molecular flexibility index (Phi) is 17.1. The van der Waals surface area contributed by atoms with E-state index >= 15 is 0 Å². The fourth-order valence-electron chi connectivity index (χ4n) is 0. The second kappa shape index (κ2) is 11.3. The average Bonchev–Trinajstić information content (AvgIpc) is 1.77. The Labute approximate surface area is 132 Å². The Morgan fingerprint density at radius 1 is 0.647 bits per heavy atom. The van der Waals surface area contributed by atoms with Crippen molar-refractivity contribution in [2.45, 2.75) is 0 Å². The fourth-order valence-corrected chi connectivity index (χ4v) is 0. The van der Waals surface area contributed by atoms with Gasteiger partial charge in [-0.3, -0.25) is 18.2 Å². The Morgan fingerprint density at radius 3 is 0.706 bits per heavy atom. The van der Waals surface area contributed by atoms with Crippen LogP contribution >= 0.6 is 0 Å². The molecule has 12 nitrogen and oxygen atoms in total. The quantitative estimate of drug-likeness (QED) is 0.141. The Morgan fingerprint density at radius 2 is 0.706 bits per heavy atom. The van der Waals surface area contributed by atoms with Crippen LogP contribution in [0.4, 0.5) is 0 Å². The molecular formula is C2H8O12S2Sr. The van der Waals surface area contributed by atoms with E-state index < -0.39 is 32.7 Å². The number of carboxylic acid groups (broad SMARTS) is 2. The molecule has 0 amide bonds. The Balaban J connectivity index is -0.0000000729. The van der Waals surface area contributed by atoms with Crippen LogP contribution in [0.15, 0.2) is 0 Å². The SMILES string of the molecule is O=C(O)C(=O)O.O=S(=O)(O)O.O=S(=O)(O)O.[SrH2]. The summed E-state index contributed by atoms with van der Waals surface area (Å²) in [4.78, 5) is 18.2. The summed E-state index contributed by atoms with van der Waals surface area (Å²) in [6.45, 7) is 0. The molecule has 102 valence electrons. The van der Waals surface area contributed by atoms with Crippen molar-refractivity contribution in [2.75, 3.05) is 0 Å². The monoisotopic (exact) mass is 376 g/mol. The molecule has 0 saturated heterocycles. The van der Waals surface area contributed by atoms with Crippen LogP contribution in [0.2, 0.25) is 0 Å². The van der Waals surface area contributed by atoms with Crippen molar-refractivity contribution in [1.29, 1.82) is 0 Å². The summed E-state index contributed by atoms with van der Waals surface area (Å²) < 4.78 is 63.2. The number of carboxylic acids is 2. The summed E-state index contributed by atoms with van der Waals surface area (Å²) in [5.74, 6) is -3.65. The maximum atomic E-state index is 9.10. The van der Waals surface area contributed by atoms with Gasteiger partial charge in [0.05, 0.1) is 0 Å². The molecule has 0 spiro atoms. The van der Waals surface area contributed by atoms with Crippen LogP contribution in [-0.4, -0.2) is 103 Å². The first kappa shape index (κ1) is 25.9. The van der Waals surface area contributed by atoms with Gasteiger partial charge in [0.15, 0.2) is 0 Å². The molecule has 0 bridgehead atoms. The van der Waals surface area contributed by atoms with E-state index in [4.69, 9.17) is 54.8 Å². The van der Waals surface area contributed by atoms with Gasteiger partial charge in [0.25, 0.3) is 0 Å². The molecule has 0 unspecified atom stereocenters. The first-order chi connectivity index (χ1) is 6.64. The molecule has 0 aliphatic carbocycles. The molecule has 0 aromatic carbocycles. The summed E-state index contributed by atoms with van der Waals surface area (Å²) in [6, 6.07) is 0. The standard InChI is InChI=1S/C2H2O4.2H2O4S.Sr.2H/c3-1(4)2(5)6;2*1-5(2,3)4;;;/h(H,3,4)(H,5,6);2*(H2,1,2,3,4);;;. The summed E-state index contributed by atoms with van der Waals surface area (Å²) in [6.07, 6.45) is 0. The van der Waals surface area contributed by atoms with Crippen molar-refractivity contribution < 1.29 is 54.8 Å². The summed E-state index contributed by atoms with van der Waals surface area (Å²) in [5, 5.41) is 14.8. The van der Waals surface area contributed by atoms with Crippen LogP contribution in [0.25, 0.3) is 0 Å². The maximum absolute atomic E-state index is 9.10. The molecule has 0 atom stereocenters. The van der Waals surface area contributed by atoms with E-state index in [0.717, 1.165) is 0 Å². The van der Waals surface area contributed by atoms with E-state index in [-0.39, 0.29) is 45.5 Å². The minimum atomic E-state index is -4.67. The molecule has 0 heterocycles. The van der Waals surface area contributed by atoms with Gasteiger partial charge < -0.3 is 10.2 Å². The predicted octanol–water partition coefficient (Wildman–Crippen LogP) is -3.07. The number of hydrogen-bond acceptors (Lipinski definition) is 6. The summed E-state index contributed by atoms with van der Waals surface area (Å²) in [5.41, 5.74) is 0. The van der Waals surface area contributed by atoms with Crippen LogP contribution in [0.5, 0.6) is 0 Å². The van der Waals surface area contributed by atoms with E-state index in [2.05, 4.69) is 0 Å². The van der Waals surface area contributed by atoms with E-state index in [1.807, 2.05) is 0 Å². The van der Waals surface area contributed by atoms with E-state index in [0.29, 0.717) is 0 Å². The molecule has 6 N–H and O–H groups in total. The van der Waals surface area contributed by atoms with Crippen molar-refractivity contribution >= 4 is 78.2 Å². The molecule has 0 aromatic rings. The van der Waals surface area contributed by atoms with Gasteiger partial charge in [-0.1, -0.05) is 0 Å². The predicted molar refractivity (Wildman–Crippen MR) is 52.2 cm³/mol. The molecule has 0 saturated carbocycles. The number of hydrogen-bond donors (Lipinski definition) is 6. The zero-order valence-corrected chi connectivity index (χ0v) is 8.58. The second-order valence-corrected chi connectivity index (χ2v) is 3.30. The second-order valence-electron chi connectivity index (χ2n) is 1.51. The van der Waals surface area contributed by atoms with Gasteiger partial charge in [-0.15, -0.1) is 0 Å². The van der Waals surface area contributed by atoms with Crippen LogP contribution < -0.4 is 0 Å². The molecule has 15 heteroatoms. The van der Waals surface area contributed by atoms with Gasteiger partial charge in [0.1, 0.15) is 0 Å². The molecule has 0 rings (SSSR count). The first-order valence-electron chi connectivity index (χ1n) is 2.50. The molecule has 0 fully saturated rings. The van der Waals surface area contributed by atoms with Gasteiger partial charge in [0, 0.05) is 0 Å². The van der Waals surface area contributed by atoms with Crippen LogP contribution in [0.1, 0.15) is 0 Å². The zero-order valence-electron chi connectivity index (χ0n) is 6.95. The molecule has 0 aliphatic rings. The van der Waals surface area contributed by atoms with Gasteiger partial charge >= 0.3 is 78.2 Å². The molecule has 0 radical (unpaired) electrons. The Bertz CT molecular complexity index is 357. The van der Waals surface area contributed by atoms with Crippen LogP contribution in [-0.2, 0) is 30.4 Å². The van der Waals surface area contributed by atoms with E-state index in [1.54, 1.807) is 0 Å². The third-order valence-electron chi connectivity index (χ3n) is 0.183. The van der Waals surface area contributed by atoms with Crippen LogP contribution in [0, 0.1) is 0 Å². The number of rotatable bonds is 0. The average molecular weight is 376 g/mol. The zero-order chi connectivity index (χ0) is 14.2. The third-order valence-corrected chi connectivity index (χ3v) is 0.183. The number of carbonyl (C=O) groups is 2. The van der Waals surface area contributed by atoms with Crippen molar-refractivity contribution in [3.8, 4) is 0 Å². The Hall–Kier alpha value is 0.161. The van der Waals surface area contributed by atoms with Crippen molar-refractivity contribution in [2.24, 2.45) is 0 Å². The van der Waals surface area contributed by atoms with Crippen molar-refractivity contribution in [3.05, 3.63) is 0 Å². The topological polar surface area (TPSA) is 224 Å². The first-order valence-corrected chi connectivity index (χ1v) is 5.30. The van der Waals surface area contributed by atoms with Crippen LogP contribution in [0.3, 0.4) is 0 Å². The van der Waals surface area contributed by atoms with Gasteiger partial charge in [0.2, 0.25) is 0 Å². The van der Waals surface area contributed by atoms with Gasteiger partial charge in [-0.05, 0) is 0 Å². The minimum absolute atomic E-state index is 0. The van der Waals surface area contributed by atoms with E-state index in [9.17, 15) is 0 Å². The van der Waals surface area contributed by atoms with E-state index in [1.165, 1.54) is 0 Å². The summed E-state index contributed by atoms with van der Waals surface area (Å²) >= 11 is 0. The van der Waals surface area contributed by atoms with Gasteiger partial charge in [-0.25, -0.2) is 9.59 Å². The van der Waals surface area contributed by atoms with Crippen molar-refractivity contribution in [3.63, 3.8) is 0 Å². The third kappa shape index (κ3) is 187. The molecule has 0 aromatic heterocycles. The molecule has 17 heavy (non-hydrogen) atoms. The summed E-state index contributed by atoms with van der Waals surface area (Å²) in [7, 11) is -9.33.